The van der Waals surface area contributed by atoms with Gasteiger partial charge in [-0.25, -0.2) is 8.78 Å². The lowest BCUT2D eigenvalue weighted by molar-refractivity contribution is -0.139. The van der Waals surface area contributed by atoms with E-state index < -0.39 is 12.4 Å². The first-order chi connectivity index (χ1) is 7.04. The molecule has 0 aliphatic rings. The average Bonchev–Trinajstić information content (AvgIpc) is 2.20. The van der Waals surface area contributed by atoms with Gasteiger partial charge >= 0.3 is 5.97 Å². The molecule has 0 N–H and O–H groups in total. The van der Waals surface area contributed by atoms with Crippen LogP contribution in [-0.2, 0) is 16.0 Å². The lowest BCUT2D eigenvalue weighted by Gasteiger charge is -2.05. The van der Waals surface area contributed by atoms with Crippen LogP contribution in [0, 0.1) is 3.57 Å². The fourth-order valence-electron chi connectivity index (χ4n) is 0.956. The van der Waals surface area contributed by atoms with Gasteiger partial charge in [-0.3, -0.25) is 9.78 Å². The van der Waals surface area contributed by atoms with Gasteiger partial charge in [-0.1, -0.05) is 0 Å². The number of alkyl halides is 2. The molecule has 0 bridgehead atoms. The fraction of sp³-hybridized carbons (Fsp3) is 0.333. The van der Waals surface area contributed by atoms with Crippen molar-refractivity contribution in [2.45, 2.75) is 12.8 Å². The predicted octanol–water partition coefficient (Wildman–Crippen LogP) is 2.34. The van der Waals surface area contributed by atoms with Crippen molar-refractivity contribution in [3.63, 3.8) is 0 Å². The zero-order chi connectivity index (χ0) is 11.4. The Kier molecular flexibility index (Phi) is 4.37. The average molecular weight is 327 g/mol. The van der Waals surface area contributed by atoms with Gasteiger partial charge in [-0.05, 0) is 34.7 Å². The van der Waals surface area contributed by atoms with Gasteiger partial charge < -0.3 is 4.74 Å². The summed E-state index contributed by atoms with van der Waals surface area (Å²) in [6.07, 6.45) is -2.71. The second kappa shape index (κ2) is 5.34. The molecule has 0 aliphatic heterocycles. The summed E-state index contributed by atoms with van der Waals surface area (Å²) < 4.78 is 29.7. The van der Waals surface area contributed by atoms with Crippen molar-refractivity contribution < 1.29 is 18.3 Å². The van der Waals surface area contributed by atoms with Gasteiger partial charge in [0.15, 0.2) is 0 Å². The zero-order valence-electron chi connectivity index (χ0n) is 7.84. The molecule has 0 aliphatic carbocycles. The maximum absolute atomic E-state index is 12.3. The van der Waals surface area contributed by atoms with E-state index in [9.17, 15) is 13.6 Å². The molecule has 1 aromatic rings. The lowest BCUT2D eigenvalue weighted by atomic mass is 10.2. The highest BCUT2D eigenvalue weighted by molar-refractivity contribution is 14.1. The number of hydrogen-bond donors (Lipinski definition) is 0. The van der Waals surface area contributed by atoms with E-state index in [4.69, 9.17) is 0 Å². The molecule has 82 valence electrons. The molecule has 1 heterocycles. The maximum atomic E-state index is 12.3. The molecular weight excluding hydrogens is 319 g/mol. The minimum absolute atomic E-state index is 0.0880. The highest BCUT2D eigenvalue weighted by Gasteiger charge is 2.13. The summed E-state index contributed by atoms with van der Waals surface area (Å²) in [6, 6.07) is 2.75. The molecule has 0 fully saturated rings. The minimum atomic E-state index is -2.63. The van der Waals surface area contributed by atoms with Crippen molar-refractivity contribution in [2.24, 2.45) is 0 Å². The van der Waals surface area contributed by atoms with E-state index in [1.54, 1.807) is 0 Å². The third-order valence-corrected chi connectivity index (χ3v) is 2.69. The van der Waals surface area contributed by atoms with E-state index >= 15 is 0 Å². The Balaban J connectivity index is 2.95. The molecule has 0 aromatic carbocycles. The first-order valence-electron chi connectivity index (χ1n) is 4.05. The van der Waals surface area contributed by atoms with E-state index in [-0.39, 0.29) is 12.1 Å². The molecule has 0 amide bonds. The Morgan fingerprint density at radius 3 is 2.80 bits per heavy atom. The summed E-state index contributed by atoms with van der Waals surface area (Å²) in [5, 5.41) is 0. The maximum Gasteiger partial charge on any atom is 0.311 e. The van der Waals surface area contributed by atoms with Crippen molar-refractivity contribution >= 4 is 28.6 Å². The van der Waals surface area contributed by atoms with Crippen molar-refractivity contribution in [3.05, 3.63) is 27.1 Å². The molecule has 0 spiro atoms. The summed E-state index contributed by atoms with van der Waals surface area (Å²) in [4.78, 5) is 14.7. The Morgan fingerprint density at radius 1 is 1.60 bits per heavy atom. The van der Waals surface area contributed by atoms with Crippen molar-refractivity contribution in [2.75, 3.05) is 7.11 Å². The molecule has 3 nitrogen and oxygen atoms in total. The third-order valence-electron chi connectivity index (χ3n) is 1.70. The van der Waals surface area contributed by atoms with Crippen molar-refractivity contribution in [1.82, 2.24) is 4.98 Å². The van der Waals surface area contributed by atoms with Crippen LogP contribution in [0.15, 0.2) is 12.1 Å². The van der Waals surface area contributed by atoms with Gasteiger partial charge in [-0.15, -0.1) is 0 Å². The lowest BCUT2D eigenvalue weighted by Crippen LogP contribution is -2.09. The SMILES string of the molecule is COC(=O)Cc1nc(C(F)F)ccc1I. The van der Waals surface area contributed by atoms with E-state index in [2.05, 4.69) is 9.72 Å². The van der Waals surface area contributed by atoms with Crippen LogP contribution in [0.5, 0.6) is 0 Å². The quantitative estimate of drug-likeness (QED) is 0.632. The summed E-state index contributed by atoms with van der Waals surface area (Å²) in [5.74, 6) is -0.494. The number of methoxy groups -OCH3 is 1. The third kappa shape index (κ3) is 3.37. The van der Waals surface area contributed by atoms with Gasteiger partial charge in [0.25, 0.3) is 6.43 Å². The molecule has 1 aromatic heterocycles. The molecule has 6 heteroatoms. The van der Waals surface area contributed by atoms with Gasteiger partial charge in [0.1, 0.15) is 5.69 Å². The van der Waals surface area contributed by atoms with E-state index in [0.29, 0.717) is 9.26 Å². The first kappa shape index (κ1) is 12.3. The topological polar surface area (TPSA) is 39.2 Å². The molecule has 0 saturated heterocycles. The Hall–Kier alpha value is -0.790. The van der Waals surface area contributed by atoms with Crippen molar-refractivity contribution in [1.29, 1.82) is 0 Å². The number of pyridine rings is 1. The molecule has 15 heavy (non-hydrogen) atoms. The smallest absolute Gasteiger partial charge is 0.311 e. The molecule has 0 saturated carbocycles. The fourth-order valence-corrected chi connectivity index (χ4v) is 1.45. The Labute approximate surface area is 99.0 Å². The monoisotopic (exact) mass is 327 g/mol. The van der Waals surface area contributed by atoms with Crippen molar-refractivity contribution in [3.8, 4) is 0 Å². The second-order valence-electron chi connectivity index (χ2n) is 2.72. The normalized spacial score (nSPS) is 10.5. The standard InChI is InChI=1S/C9H8F2INO2/c1-15-8(14)4-7-5(12)2-3-6(13-7)9(10)11/h2-3,9H,4H2,1H3. The number of rotatable bonds is 3. The summed E-state index contributed by atoms with van der Waals surface area (Å²) in [7, 11) is 1.24. The number of hydrogen-bond acceptors (Lipinski definition) is 3. The number of carbonyl (C=O) groups excluding carboxylic acids is 1. The Bertz CT molecular complexity index is 371. The van der Waals surface area contributed by atoms with E-state index in [0.717, 1.165) is 0 Å². The van der Waals surface area contributed by atoms with Crippen LogP contribution < -0.4 is 0 Å². The first-order valence-corrected chi connectivity index (χ1v) is 5.12. The van der Waals surface area contributed by atoms with E-state index in [1.807, 2.05) is 22.6 Å². The highest BCUT2D eigenvalue weighted by Crippen LogP contribution is 2.19. The van der Waals surface area contributed by atoms with Crippen LogP contribution in [0.1, 0.15) is 17.8 Å². The number of halogens is 3. The van der Waals surface area contributed by atoms with E-state index in [1.165, 1.54) is 19.2 Å². The molecule has 0 unspecified atom stereocenters. The number of nitrogens with zero attached hydrogens (tertiary/aromatic N) is 1. The van der Waals surface area contributed by atoms with Crippen LogP contribution in [0.25, 0.3) is 0 Å². The molecular formula is C9H8F2INO2. The second-order valence-corrected chi connectivity index (χ2v) is 3.88. The number of aromatic nitrogens is 1. The number of ether oxygens (including phenoxy) is 1. The van der Waals surface area contributed by atoms with Gasteiger partial charge in [0.2, 0.25) is 0 Å². The van der Waals surface area contributed by atoms with Crippen LogP contribution >= 0.6 is 22.6 Å². The van der Waals surface area contributed by atoms with Crippen LogP contribution in [-0.4, -0.2) is 18.1 Å². The molecule has 0 radical (unpaired) electrons. The van der Waals surface area contributed by atoms with Crippen LogP contribution in [0.3, 0.4) is 0 Å². The zero-order valence-corrected chi connectivity index (χ0v) is 9.99. The predicted molar refractivity (Wildman–Crippen MR) is 57.6 cm³/mol. The van der Waals surface area contributed by atoms with Gasteiger partial charge in [-0.2, -0.15) is 0 Å². The van der Waals surface area contributed by atoms with Gasteiger partial charge in [0.05, 0.1) is 19.2 Å². The summed E-state index contributed by atoms with van der Waals surface area (Å²) in [6.45, 7) is 0. The summed E-state index contributed by atoms with van der Waals surface area (Å²) >= 11 is 1.93. The minimum Gasteiger partial charge on any atom is -0.469 e. The van der Waals surface area contributed by atoms with Crippen LogP contribution in [0.2, 0.25) is 0 Å². The molecule has 1 rings (SSSR count). The van der Waals surface area contributed by atoms with Gasteiger partial charge in [0, 0.05) is 3.57 Å². The van der Waals surface area contributed by atoms with Crippen LogP contribution in [0.4, 0.5) is 8.78 Å². The summed E-state index contributed by atoms with van der Waals surface area (Å²) in [5.41, 5.74) is -0.00503. The largest absolute Gasteiger partial charge is 0.469 e. The molecule has 0 atom stereocenters. The Morgan fingerprint density at radius 2 is 2.27 bits per heavy atom. The highest BCUT2D eigenvalue weighted by atomic mass is 127. The number of carbonyl (C=O) groups is 1. The number of esters is 1.